The molecule has 0 bridgehead atoms. The fourth-order valence-electron chi connectivity index (χ4n) is 2.40. The Morgan fingerprint density at radius 3 is 1.55 bits per heavy atom. The normalized spacial score (nSPS) is 11.9. The summed E-state index contributed by atoms with van der Waals surface area (Å²) in [6.45, 7) is 4.42. The molecule has 0 aliphatic rings. The van der Waals surface area contributed by atoms with E-state index in [9.17, 15) is 0 Å². The van der Waals surface area contributed by atoms with Gasteiger partial charge in [0.25, 0.3) is 0 Å². The van der Waals surface area contributed by atoms with Gasteiger partial charge in [0.1, 0.15) is 0 Å². The summed E-state index contributed by atoms with van der Waals surface area (Å²) in [5, 5.41) is 2.69. The molecule has 0 radical (unpaired) electrons. The molecule has 0 heterocycles. The van der Waals surface area contributed by atoms with Crippen LogP contribution in [0.4, 0.5) is 0 Å². The van der Waals surface area contributed by atoms with Crippen molar-refractivity contribution in [3.05, 3.63) is 59.7 Å². The van der Waals surface area contributed by atoms with E-state index in [1.165, 1.54) is 34.7 Å². The number of benzene rings is 2. The van der Waals surface area contributed by atoms with Crippen LogP contribution in [0.3, 0.4) is 0 Å². The summed E-state index contributed by atoms with van der Waals surface area (Å²) >= 11 is 0. The van der Waals surface area contributed by atoms with E-state index in [4.69, 9.17) is 0 Å². The van der Waals surface area contributed by atoms with Gasteiger partial charge in [0.05, 0.1) is 0 Å². The van der Waals surface area contributed by atoms with E-state index >= 15 is 0 Å². The SMILES string of the molecule is CCC/C=C/c1cccc2c(/C=C/CCC)cccc12. The van der Waals surface area contributed by atoms with Crippen LogP contribution in [0.5, 0.6) is 0 Å². The maximum absolute atomic E-state index is 2.27. The largest absolute Gasteiger partial charge is 0.0839 e. The van der Waals surface area contributed by atoms with E-state index < -0.39 is 0 Å². The average Bonchev–Trinajstić information content (AvgIpc) is 2.48. The highest BCUT2D eigenvalue weighted by Crippen LogP contribution is 2.24. The minimum absolute atomic E-state index is 1.15. The van der Waals surface area contributed by atoms with Gasteiger partial charge >= 0.3 is 0 Å². The molecule has 0 saturated carbocycles. The summed E-state index contributed by atoms with van der Waals surface area (Å²) in [4.78, 5) is 0. The molecule has 0 aliphatic heterocycles. The monoisotopic (exact) mass is 264 g/mol. The standard InChI is InChI=1S/C20H24/c1-3-5-7-11-17-13-9-16-20-18(12-8-6-4-2)14-10-15-19(17)20/h7-16H,3-6H2,1-2H3/b11-7+,12-8+. The smallest absolute Gasteiger partial charge is 0.0106 e. The Balaban J connectivity index is 2.40. The van der Waals surface area contributed by atoms with Crippen molar-refractivity contribution in [1.82, 2.24) is 0 Å². The summed E-state index contributed by atoms with van der Waals surface area (Å²) in [5.74, 6) is 0. The van der Waals surface area contributed by atoms with Crippen molar-refractivity contribution in [2.45, 2.75) is 39.5 Å². The first kappa shape index (κ1) is 14.6. The van der Waals surface area contributed by atoms with Gasteiger partial charge in [0, 0.05) is 0 Å². The third-order valence-electron chi connectivity index (χ3n) is 3.50. The van der Waals surface area contributed by atoms with Gasteiger partial charge in [-0.05, 0) is 34.7 Å². The Morgan fingerprint density at radius 1 is 0.700 bits per heavy atom. The van der Waals surface area contributed by atoms with Crippen LogP contribution in [-0.4, -0.2) is 0 Å². The van der Waals surface area contributed by atoms with Crippen LogP contribution in [0.2, 0.25) is 0 Å². The molecular weight excluding hydrogens is 240 g/mol. The summed E-state index contributed by atoms with van der Waals surface area (Å²) in [5.41, 5.74) is 2.64. The first-order valence-corrected chi connectivity index (χ1v) is 7.71. The Bertz CT molecular complexity index is 547. The van der Waals surface area contributed by atoms with Crippen LogP contribution in [0.1, 0.15) is 50.7 Å². The van der Waals surface area contributed by atoms with Gasteiger partial charge in [0.15, 0.2) is 0 Å². The lowest BCUT2D eigenvalue weighted by atomic mass is 9.99. The maximum atomic E-state index is 2.27. The van der Waals surface area contributed by atoms with Gasteiger partial charge in [-0.3, -0.25) is 0 Å². The molecule has 0 fully saturated rings. The maximum Gasteiger partial charge on any atom is -0.0106 e. The van der Waals surface area contributed by atoms with E-state index in [0.29, 0.717) is 0 Å². The molecular formula is C20H24. The summed E-state index contributed by atoms with van der Waals surface area (Å²) in [7, 11) is 0. The number of unbranched alkanes of at least 4 members (excludes halogenated alkanes) is 2. The van der Waals surface area contributed by atoms with Crippen LogP contribution in [0.15, 0.2) is 48.6 Å². The zero-order valence-corrected chi connectivity index (χ0v) is 12.6. The van der Waals surface area contributed by atoms with Gasteiger partial charge in [-0.25, -0.2) is 0 Å². The molecule has 0 spiro atoms. The van der Waals surface area contributed by atoms with E-state index in [1.54, 1.807) is 0 Å². The zero-order valence-electron chi connectivity index (χ0n) is 12.6. The third-order valence-corrected chi connectivity index (χ3v) is 3.50. The van der Waals surface area contributed by atoms with Gasteiger partial charge < -0.3 is 0 Å². The second-order valence-corrected chi connectivity index (χ2v) is 5.17. The lowest BCUT2D eigenvalue weighted by Gasteiger charge is -2.06. The predicted molar refractivity (Wildman–Crippen MR) is 91.8 cm³/mol. The molecule has 0 aliphatic carbocycles. The highest BCUT2D eigenvalue weighted by atomic mass is 14.0. The van der Waals surface area contributed by atoms with Crippen LogP contribution in [-0.2, 0) is 0 Å². The first-order valence-electron chi connectivity index (χ1n) is 7.71. The highest BCUT2D eigenvalue weighted by molar-refractivity contribution is 5.96. The lowest BCUT2D eigenvalue weighted by molar-refractivity contribution is 0.962. The summed E-state index contributed by atoms with van der Waals surface area (Å²) in [6, 6.07) is 13.2. The van der Waals surface area contributed by atoms with E-state index in [-0.39, 0.29) is 0 Å². The lowest BCUT2D eigenvalue weighted by Crippen LogP contribution is -1.82. The Kier molecular flexibility index (Phi) is 5.61. The molecule has 0 atom stereocenters. The van der Waals surface area contributed by atoms with E-state index in [1.807, 2.05) is 0 Å². The molecule has 104 valence electrons. The molecule has 2 aromatic rings. The van der Waals surface area contributed by atoms with Crippen molar-refractivity contribution >= 4 is 22.9 Å². The summed E-state index contributed by atoms with van der Waals surface area (Å²) < 4.78 is 0. The summed E-state index contributed by atoms with van der Waals surface area (Å²) in [6.07, 6.45) is 13.7. The van der Waals surface area contributed by atoms with Crippen molar-refractivity contribution in [3.63, 3.8) is 0 Å². The fraction of sp³-hybridized carbons (Fsp3) is 0.300. The molecule has 0 amide bonds. The van der Waals surface area contributed by atoms with Gasteiger partial charge in [-0.2, -0.15) is 0 Å². The van der Waals surface area contributed by atoms with E-state index in [2.05, 4.69) is 74.5 Å². The molecule has 20 heavy (non-hydrogen) atoms. The predicted octanol–water partition coefficient (Wildman–Crippen LogP) is 6.47. The Labute approximate surface area is 122 Å². The van der Waals surface area contributed by atoms with Crippen LogP contribution < -0.4 is 0 Å². The Hall–Kier alpha value is -1.82. The number of hydrogen-bond donors (Lipinski definition) is 0. The first-order chi connectivity index (χ1) is 9.86. The molecule has 0 N–H and O–H groups in total. The quantitative estimate of drug-likeness (QED) is 0.561. The van der Waals surface area contributed by atoms with E-state index in [0.717, 1.165) is 12.8 Å². The minimum Gasteiger partial charge on any atom is -0.0839 e. The highest BCUT2D eigenvalue weighted by Gasteiger charge is 2.00. The number of allylic oxidation sites excluding steroid dienone is 2. The minimum atomic E-state index is 1.15. The van der Waals surface area contributed by atoms with Crippen molar-refractivity contribution in [1.29, 1.82) is 0 Å². The van der Waals surface area contributed by atoms with Crippen molar-refractivity contribution < 1.29 is 0 Å². The number of hydrogen-bond acceptors (Lipinski definition) is 0. The molecule has 2 aromatic carbocycles. The zero-order chi connectivity index (χ0) is 14.2. The van der Waals surface area contributed by atoms with Gasteiger partial charge in [-0.1, -0.05) is 87.4 Å². The molecule has 0 heteroatoms. The molecule has 0 nitrogen and oxygen atoms in total. The van der Waals surface area contributed by atoms with Crippen LogP contribution in [0, 0.1) is 0 Å². The van der Waals surface area contributed by atoms with Crippen molar-refractivity contribution in [3.8, 4) is 0 Å². The number of rotatable bonds is 6. The second-order valence-electron chi connectivity index (χ2n) is 5.17. The fourth-order valence-corrected chi connectivity index (χ4v) is 2.40. The third kappa shape index (κ3) is 3.60. The topological polar surface area (TPSA) is 0 Å². The second kappa shape index (κ2) is 7.69. The number of fused-ring (bicyclic) bond motifs is 1. The molecule has 0 saturated heterocycles. The van der Waals surface area contributed by atoms with Crippen molar-refractivity contribution in [2.24, 2.45) is 0 Å². The molecule has 2 rings (SSSR count). The van der Waals surface area contributed by atoms with Crippen LogP contribution >= 0.6 is 0 Å². The van der Waals surface area contributed by atoms with Crippen LogP contribution in [0.25, 0.3) is 22.9 Å². The van der Waals surface area contributed by atoms with Gasteiger partial charge in [-0.15, -0.1) is 0 Å². The van der Waals surface area contributed by atoms with Gasteiger partial charge in [0.2, 0.25) is 0 Å². The molecule has 0 aromatic heterocycles. The van der Waals surface area contributed by atoms with Crippen molar-refractivity contribution in [2.75, 3.05) is 0 Å². The Morgan fingerprint density at radius 2 is 1.15 bits per heavy atom. The average molecular weight is 264 g/mol. The molecule has 0 unspecified atom stereocenters.